The van der Waals surface area contributed by atoms with E-state index < -0.39 is 0 Å². The predicted octanol–water partition coefficient (Wildman–Crippen LogP) is 0.304. The lowest BCUT2D eigenvalue weighted by Gasteiger charge is -2.19. The van der Waals surface area contributed by atoms with E-state index in [1.165, 1.54) is 6.42 Å². The number of ether oxygens (including phenoxy) is 1. The summed E-state index contributed by atoms with van der Waals surface area (Å²) in [5.74, 6) is 0. The van der Waals surface area contributed by atoms with Crippen LogP contribution in [-0.2, 0) is 4.74 Å². The van der Waals surface area contributed by atoms with E-state index in [0.29, 0.717) is 0 Å². The van der Waals surface area contributed by atoms with E-state index in [4.69, 9.17) is 10.5 Å². The largest absolute Gasteiger partial charge is 0.383 e. The SMILES string of the molecule is CCCN(CCN)CCOC. The Labute approximate surface area is 69.5 Å². The first kappa shape index (κ1) is 10.9. The summed E-state index contributed by atoms with van der Waals surface area (Å²) in [5, 5.41) is 0. The summed E-state index contributed by atoms with van der Waals surface area (Å²) in [4.78, 5) is 2.32. The van der Waals surface area contributed by atoms with Crippen LogP contribution in [-0.4, -0.2) is 44.8 Å². The summed E-state index contributed by atoms with van der Waals surface area (Å²) in [5.41, 5.74) is 5.45. The summed E-state index contributed by atoms with van der Waals surface area (Å²) in [6, 6.07) is 0. The van der Waals surface area contributed by atoms with Gasteiger partial charge in [0.25, 0.3) is 0 Å². The number of nitrogens with zero attached hydrogens (tertiary/aromatic N) is 1. The van der Waals surface area contributed by atoms with E-state index in [9.17, 15) is 0 Å². The standard InChI is InChI=1S/C8H20N2O/c1-3-5-10(6-4-9)7-8-11-2/h3-9H2,1-2H3. The minimum Gasteiger partial charge on any atom is -0.383 e. The van der Waals surface area contributed by atoms with Crippen molar-refractivity contribution in [3.63, 3.8) is 0 Å². The van der Waals surface area contributed by atoms with Crippen LogP contribution in [0.15, 0.2) is 0 Å². The van der Waals surface area contributed by atoms with Gasteiger partial charge < -0.3 is 10.5 Å². The second kappa shape index (κ2) is 7.98. The average molecular weight is 160 g/mol. The Morgan fingerprint density at radius 2 is 2.00 bits per heavy atom. The van der Waals surface area contributed by atoms with Crippen molar-refractivity contribution in [3.8, 4) is 0 Å². The molecule has 0 radical (unpaired) electrons. The third kappa shape index (κ3) is 6.28. The highest BCUT2D eigenvalue weighted by Crippen LogP contribution is 1.89. The normalized spacial score (nSPS) is 10.9. The molecule has 0 rings (SSSR count). The molecule has 0 aliphatic heterocycles. The highest BCUT2D eigenvalue weighted by atomic mass is 16.5. The molecule has 3 heteroatoms. The molecule has 0 bridgehead atoms. The molecule has 0 atom stereocenters. The molecule has 0 saturated carbocycles. The van der Waals surface area contributed by atoms with Gasteiger partial charge in [0.2, 0.25) is 0 Å². The van der Waals surface area contributed by atoms with Gasteiger partial charge in [0.15, 0.2) is 0 Å². The Bertz CT molecular complexity index is 72.5. The van der Waals surface area contributed by atoms with Crippen LogP contribution < -0.4 is 5.73 Å². The van der Waals surface area contributed by atoms with Crippen LogP contribution >= 0.6 is 0 Å². The van der Waals surface area contributed by atoms with Crippen molar-refractivity contribution in [1.29, 1.82) is 0 Å². The molecular formula is C8H20N2O. The van der Waals surface area contributed by atoms with E-state index >= 15 is 0 Å². The van der Waals surface area contributed by atoms with Gasteiger partial charge in [-0.15, -0.1) is 0 Å². The first-order valence-corrected chi connectivity index (χ1v) is 4.26. The number of hydrogen-bond donors (Lipinski definition) is 1. The number of nitrogens with two attached hydrogens (primary N) is 1. The molecule has 2 N–H and O–H groups in total. The average Bonchev–Trinajstić information content (AvgIpc) is 2.01. The van der Waals surface area contributed by atoms with Gasteiger partial charge in [-0.1, -0.05) is 6.92 Å². The smallest absolute Gasteiger partial charge is 0.0589 e. The van der Waals surface area contributed by atoms with Crippen LogP contribution in [0, 0.1) is 0 Å². The van der Waals surface area contributed by atoms with Crippen molar-refractivity contribution in [2.45, 2.75) is 13.3 Å². The van der Waals surface area contributed by atoms with Crippen LogP contribution in [0.3, 0.4) is 0 Å². The summed E-state index contributed by atoms with van der Waals surface area (Å²) in [7, 11) is 1.73. The molecule has 11 heavy (non-hydrogen) atoms. The van der Waals surface area contributed by atoms with Gasteiger partial charge in [-0.3, -0.25) is 4.90 Å². The Balaban J connectivity index is 3.34. The highest BCUT2D eigenvalue weighted by molar-refractivity contribution is 4.56. The van der Waals surface area contributed by atoms with Crippen LogP contribution in [0.1, 0.15) is 13.3 Å². The van der Waals surface area contributed by atoms with Crippen molar-refractivity contribution >= 4 is 0 Å². The lowest BCUT2D eigenvalue weighted by atomic mass is 10.4. The van der Waals surface area contributed by atoms with E-state index in [0.717, 1.165) is 32.8 Å². The van der Waals surface area contributed by atoms with Crippen LogP contribution in [0.2, 0.25) is 0 Å². The fraction of sp³-hybridized carbons (Fsp3) is 1.00. The molecule has 0 aliphatic carbocycles. The maximum absolute atomic E-state index is 5.45. The second-order valence-corrected chi connectivity index (χ2v) is 2.62. The first-order valence-electron chi connectivity index (χ1n) is 4.26. The van der Waals surface area contributed by atoms with Gasteiger partial charge in [-0.2, -0.15) is 0 Å². The minimum absolute atomic E-state index is 0.740. The Hall–Kier alpha value is -0.120. The van der Waals surface area contributed by atoms with Crippen molar-refractivity contribution in [2.24, 2.45) is 5.73 Å². The fourth-order valence-electron chi connectivity index (χ4n) is 1.05. The van der Waals surface area contributed by atoms with Gasteiger partial charge in [0.1, 0.15) is 0 Å². The Morgan fingerprint density at radius 3 is 2.45 bits per heavy atom. The monoisotopic (exact) mass is 160 g/mol. The molecular weight excluding hydrogens is 140 g/mol. The second-order valence-electron chi connectivity index (χ2n) is 2.62. The molecule has 0 aromatic heterocycles. The van der Waals surface area contributed by atoms with E-state index in [-0.39, 0.29) is 0 Å². The summed E-state index contributed by atoms with van der Waals surface area (Å²) in [6.07, 6.45) is 1.18. The molecule has 0 aromatic rings. The van der Waals surface area contributed by atoms with Gasteiger partial charge in [-0.25, -0.2) is 0 Å². The van der Waals surface area contributed by atoms with Crippen molar-refractivity contribution in [3.05, 3.63) is 0 Å². The molecule has 0 amide bonds. The molecule has 0 unspecified atom stereocenters. The molecule has 0 aromatic carbocycles. The first-order chi connectivity index (χ1) is 5.35. The van der Waals surface area contributed by atoms with Gasteiger partial charge in [-0.05, 0) is 13.0 Å². The molecule has 68 valence electrons. The van der Waals surface area contributed by atoms with E-state index in [1.54, 1.807) is 7.11 Å². The number of methoxy groups -OCH3 is 1. The predicted molar refractivity (Wildman–Crippen MR) is 47.7 cm³/mol. The summed E-state index contributed by atoms with van der Waals surface area (Å²) in [6.45, 7) is 6.83. The zero-order valence-corrected chi connectivity index (χ0v) is 7.68. The zero-order chi connectivity index (χ0) is 8.53. The molecule has 0 fully saturated rings. The Morgan fingerprint density at radius 1 is 1.27 bits per heavy atom. The van der Waals surface area contributed by atoms with Crippen LogP contribution in [0.5, 0.6) is 0 Å². The summed E-state index contributed by atoms with van der Waals surface area (Å²) >= 11 is 0. The fourth-order valence-corrected chi connectivity index (χ4v) is 1.05. The van der Waals surface area contributed by atoms with Crippen molar-refractivity contribution in [1.82, 2.24) is 4.90 Å². The molecule has 0 spiro atoms. The van der Waals surface area contributed by atoms with Crippen molar-refractivity contribution < 1.29 is 4.74 Å². The Kier molecular flexibility index (Phi) is 7.89. The van der Waals surface area contributed by atoms with Crippen molar-refractivity contribution in [2.75, 3.05) is 39.9 Å². The van der Waals surface area contributed by atoms with E-state index in [2.05, 4.69) is 11.8 Å². The topological polar surface area (TPSA) is 38.5 Å². The van der Waals surface area contributed by atoms with Gasteiger partial charge in [0, 0.05) is 26.7 Å². The zero-order valence-electron chi connectivity index (χ0n) is 7.68. The van der Waals surface area contributed by atoms with Crippen LogP contribution in [0.25, 0.3) is 0 Å². The number of hydrogen-bond acceptors (Lipinski definition) is 3. The minimum atomic E-state index is 0.740. The molecule has 3 nitrogen and oxygen atoms in total. The quantitative estimate of drug-likeness (QED) is 0.582. The third-order valence-corrected chi connectivity index (χ3v) is 1.60. The molecule has 0 saturated heterocycles. The third-order valence-electron chi connectivity index (χ3n) is 1.60. The van der Waals surface area contributed by atoms with Gasteiger partial charge in [0.05, 0.1) is 6.61 Å². The molecule has 0 heterocycles. The lowest BCUT2D eigenvalue weighted by molar-refractivity contribution is 0.149. The maximum Gasteiger partial charge on any atom is 0.0589 e. The summed E-state index contributed by atoms with van der Waals surface area (Å²) < 4.78 is 4.98. The van der Waals surface area contributed by atoms with E-state index in [1.807, 2.05) is 0 Å². The van der Waals surface area contributed by atoms with Crippen LogP contribution in [0.4, 0.5) is 0 Å². The highest BCUT2D eigenvalue weighted by Gasteiger charge is 2.00. The molecule has 0 aliphatic rings. The maximum atomic E-state index is 5.45. The number of rotatable bonds is 7. The van der Waals surface area contributed by atoms with Gasteiger partial charge >= 0.3 is 0 Å². The lowest BCUT2D eigenvalue weighted by Crippen LogP contribution is -2.32.